The Morgan fingerprint density at radius 2 is 2.09 bits per heavy atom. The fourth-order valence-electron chi connectivity index (χ4n) is 1.62. The Kier molecular flexibility index (Phi) is 5.24. The Morgan fingerprint density at radius 3 is 2.74 bits per heavy atom. The highest BCUT2D eigenvalue weighted by Crippen LogP contribution is 2.24. The van der Waals surface area contributed by atoms with E-state index in [0.717, 1.165) is 11.8 Å². The number of nitrogens with one attached hydrogen (secondary N) is 2. The molecule has 5 nitrogen and oxygen atoms in total. The number of hydrogen-bond acceptors (Lipinski definition) is 4. The molecule has 1 atom stereocenters. The summed E-state index contributed by atoms with van der Waals surface area (Å²) >= 11 is 0.868. The maximum absolute atomic E-state index is 13.6. The summed E-state index contributed by atoms with van der Waals surface area (Å²) in [6, 6.07) is 5.92. The minimum absolute atomic E-state index is 0.137. The molecule has 0 radical (unpaired) electrons. The summed E-state index contributed by atoms with van der Waals surface area (Å²) in [7, 11) is 0. The molecule has 1 heterocycles. The standard InChI is InChI=1S/C13H12F4N4OS/c1-7(11(22)18-6-13(15,16)17)23-12-19-10(20-21-12)8-4-2-3-5-9(8)14/h2-5,7H,6H2,1H3,(H,18,22)(H,19,20,21)/t7-/m0/s1. The molecule has 1 amide bonds. The second kappa shape index (κ2) is 6.99. The Morgan fingerprint density at radius 1 is 1.39 bits per heavy atom. The minimum Gasteiger partial charge on any atom is -0.346 e. The molecule has 2 rings (SSSR count). The van der Waals surface area contributed by atoms with Gasteiger partial charge in [-0.1, -0.05) is 23.9 Å². The molecule has 0 bridgehead atoms. The van der Waals surface area contributed by atoms with Gasteiger partial charge in [0.1, 0.15) is 12.4 Å². The van der Waals surface area contributed by atoms with Crippen LogP contribution < -0.4 is 5.32 Å². The van der Waals surface area contributed by atoms with E-state index in [1.165, 1.54) is 25.1 Å². The van der Waals surface area contributed by atoms with Crippen molar-refractivity contribution in [1.82, 2.24) is 20.5 Å². The molecule has 10 heteroatoms. The number of hydrogen-bond donors (Lipinski definition) is 2. The Hall–Kier alpha value is -2.10. The number of carbonyl (C=O) groups is 1. The first-order valence-corrected chi connectivity index (χ1v) is 7.32. The highest BCUT2D eigenvalue weighted by Gasteiger charge is 2.29. The number of aromatic nitrogens is 3. The first-order chi connectivity index (χ1) is 10.8. The van der Waals surface area contributed by atoms with Gasteiger partial charge in [-0.25, -0.2) is 9.37 Å². The molecule has 23 heavy (non-hydrogen) atoms. The van der Waals surface area contributed by atoms with E-state index < -0.39 is 29.7 Å². The van der Waals surface area contributed by atoms with Crippen molar-refractivity contribution in [3.8, 4) is 11.4 Å². The van der Waals surface area contributed by atoms with Gasteiger partial charge >= 0.3 is 6.18 Å². The molecule has 0 aliphatic heterocycles. The van der Waals surface area contributed by atoms with Gasteiger partial charge in [0.25, 0.3) is 0 Å². The number of benzene rings is 1. The van der Waals surface area contributed by atoms with Crippen LogP contribution in [-0.2, 0) is 4.79 Å². The Bertz CT molecular complexity index is 689. The number of aromatic amines is 1. The average molecular weight is 348 g/mol. The quantitative estimate of drug-likeness (QED) is 0.644. The Labute approximate surface area is 132 Å². The summed E-state index contributed by atoms with van der Waals surface area (Å²) in [6.07, 6.45) is -4.47. The summed E-state index contributed by atoms with van der Waals surface area (Å²) in [5.41, 5.74) is 0.209. The van der Waals surface area contributed by atoms with Gasteiger partial charge in [0.2, 0.25) is 11.1 Å². The Balaban J connectivity index is 1.99. The summed E-state index contributed by atoms with van der Waals surface area (Å²) in [5.74, 6) is -1.10. The van der Waals surface area contributed by atoms with Crippen LogP contribution in [-0.4, -0.2) is 39.1 Å². The summed E-state index contributed by atoms with van der Waals surface area (Å²) in [6.45, 7) is 0.0285. The van der Waals surface area contributed by atoms with Crippen LogP contribution in [0.25, 0.3) is 11.4 Å². The molecule has 1 aromatic heterocycles. The molecule has 0 aliphatic carbocycles. The van der Waals surface area contributed by atoms with Crippen LogP contribution in [0, 0.1) is 5.82 Å². The lowest BCUT2D eigenvalue weighted by molar-refractivity contribution is -0.137. The number of rotatable bonds is 5. The molecular formula is C13H12F4N4OS. The number of thioether (sulfide) groups is 1. The third-order valence-corrected chi connectivity index (χ3v) is 3.67. The van der Waals surface area contributed by atoms with E-state index in [1.807, 2.05) is 0 Å². The third kappa shape index (κ3) is 4.95. The van der Waals surface area contributed by atoms with E-state index >= 15 is 0 Å². The second-order valence-electron chi connectivity index (χ2n) is 4.54. The monoisotopic (exact) mass is 348 g/mol. The number of nitrogens with zero attached hydrogens (tertiary/aromatic N) is 2. The SMILES string of the molecule is C[C@H](Sc1n[nH]c(-c2ccccc2F)n1)C(=O)NCC(F)(F)F. The molecule has 0 unspecified atom stereocenters. The molecule has 2 N–H and O–H groups in total. The molecule has 0 saturated heterocycles. The van der Waals surface area contributed by atoms with Crippen LogP contribution in [0.1, 0.15) is 6.92 Å². The third-order valence-electron chi connectivity index (χ3n) is 2.71. The van der Waals surface area contributed by atoms with Gasteiger partial charge in [0.15, 0.2) is 5.82 Å². The average Bonchev–Trinajstić information content (AvgIpc) is 2.92. The predicted molar refractivity (Wildman–Crippen MR) is 76.2 cm³/mol. The second-order valence-corrected chi connectivity index (χ2v) is 5.85. The maximum Gasteiger partial charge on any atom is 0.405 e. The maximum atomic E-state index is 13.6. The zero-order valence-electron chi connectivity index (χ0n) is 11.8. The fourth-order valence-corrected chi connectivity index (χ4v) is 2.36. The lowest BCUT2D eigenvalue weighted by Gasteiger charge is -2.11. The van der Waals surface area contributed by atoms with E-state index in [0.29, 0.717) is 0 Å². The molecule has 2 aromatic rings. The van der Waals surface area contributed by atoms with Gasteiger partial charge in [-0.15, -0.1) is 5.10 Å². The fraction of sp³-hybridized carbons (Fsp3) is 0.308. The van der Waals surface area contributed by atoms with Crippen LogP contribution in [0.2, 0.25) is 0 Å². The number of alkyl halides is 3. The highest BCUT2D eigenvalue weighted by atomic mass is 32.2. The smallest absolute Gasteiger partial charge is 0.346 e. The molecule has 0 spiro atoms. The number of amides is 1. The van der Waals surface area contributed by atoms with Gasteiger partial charge in [0.05, 0.1) is 10.8 Å². The van der Waals surface area contributed by atoms with Crippen molar-refractivity contribution in [2.24, 2.45) is 0 Å². The van der Waals surface area contributed by atoms with Crippen molar-refractivity contribution < 1.29 is 22.4 Å². The first-order valence-electron chi connectivity index (χ1n) is 6.44. The van der Waals surface area contributed by atoms with Gasteiger partial charge in [0, 0.05) is 0 Å². The van der Waals surface area contributed by atoms with Crippen LogP contribution in [0.5, 0.6) is 0 Å². The predicted octanol–water partition coefficient (Wildman–Crippen LogP) is 2.77. The first kappa shape index (κ1) is 17.3. The summed E-state index contributed by atoms with van der Waals surface area (Å²) < 4.78 is 49.8. The minimum atomic E-state index is -4.47. The van der Waals surface area contributed by atoms with E-state index in [2.05, 4.69) is 15.2 Å². The number of carbonyl (C=O) groups excluding carboxylic acids is 1. The van der Waals surface area contributed by atoms with E-state index in [9.17, 15) is 22.4 Å². The van der Waals surface area contributed by atoms with Gasteiger partial charge in [-0.3, -0.25) is 9.89 Å². The molecule has 0 saturated carbocycles. The van der Waals surface area contributed by atoms with E-state index in [4.69, 9.17) is 0 Å². The van der Waals surface area contributed by atoms with Crippen molar-refractivity contribution >= 4 is 17.7 Å². The molecule has 0 aliphatic rings. The zero-order chi connectivity index (χ0) is 17.0. The van der Waals surface area contributed by atoms with Crippen LogP contribution in [0.4, 0.5) is 17.6 Å². The van der Waals surface area contributed by atoms with Crippen molar-refractivity contribution in [3.63, 3.8) is 0 Å². The van der Waals surface area contributed by atoms with E-state index in [1.54, 1.807) is 11.4 Å². The topological polar surface area (TPSA) is 70.7 Å². The van der Waals surface area contributed by atoms with Crippen LogP contribution in [0.15, 0.2) is 29.4 Å². The molecule has 1 aromatic carbocycles. The normalized spacial score (nSPS) is 12.9. The lowest BCUT2D eigenvalue weighted by atomic mass is 10.2. The van der Waals surface area contributed by atoms with Crippen LogP contribution >= 0.6 is 11.8 Å². The largest absolute Gasteiger partial charge is 0.405 e. The van der Waals surface area contributed by atoms with Crippen molar-refractivity contribution in [2.45, 2.75) is 23.5 Å². The number of halogens is 4. The zero-order valence-corrected chi connectivity index (χ0v) is 12.6. The van der Waals surface area contributed by atoms with Gasteiger partial charge < -0.3 is 5.32 Å². The lowest BCUT2D eigenvalue weighted by Crippen LogP contribution is -2.38. The van der Waals surface area contributed by atoms with Gasteiger partial charge in [-0.2, -0.15) is 13.2 Å². The highest BCUT2D eigenvalue weighted by molar-refractivity contribution is 8.00. The van der Waals surface area contributed by atoms with Gasteiger partial charge in [-0.05, 0) is 19.1 Å². The summed E-state index contributed by atoms with van der Waals surface area (Å²) in [5, 5.41) is 7.44. The molecule has 0 fully saturated rings. The molecular weight excluding hydrogens is 336 g/mol. The van der Waals surface area contributed by atoms with Crippen molar-refractivity contribution in [3.05, 3.63) is 30.1 Å². The van der Waals surface area contributed by atoms with E-state index in [-0.39, 0.29) is 16.5 Å². The molecule has 124 valence electrons. The van der Waals surface area contributed by atoms with Crippen molar-refractivity contribution in [2.75, 3.05) is 6.54 Å². The van der Waals surface area contributed by atoms with Crippen LogP contribution in [0.3, 0.4) is 0 Å². The van der Waals surface area contributed by atoms with Crippen molar-refractivity contribution in [1.29, 1.82) is 0 Å². The number of H-pyrrole nitrogens is 1. The summed E-state index contributed by atoms with van der Waals surface area (Å²) in [4.78, 5) is 15.6.